The van der Waals surface area contributed by atoms with Gasteiger partial charge >= 0.3 is 0 Å². The summed E-state index contributed by atoms with van der Waals surface area (Å²) in [5, 5.41) is 0. The van der Waals surface area contributed by atoms with Crippen molar-refractivity contribution >= 4 is 0 Å². The summed E-state index contributed by atoms with van der Waals surface area (Å²) >= 11 is 0. The average molecular weight is 151 g/mol. The third-order valence-corrected chi connectivity index (χ3v) is 1.62. The van der Waals surface area contributed by atoms with E-state index in [1.807, 2.05) is 33.8 Å². The molecule has 0 atom stereocenters. The molecule has 0 aliphatic heterocycles. The van der Waals surface area contributed by atoms with Crippen LogP contribution in [0.2, 0.25) is 0 Å². The largest absolute Gasteiger partial charge is 0.399 e. The molecule has 1 heteroatoms. The number of hydrogen-bond acceptors (Lipinski definition) is 1. The summed E-state index contributed by atoms with van der Waals surface area (Å²) in [6.07, 6.45) is 1.96. The number of nitrogens with two attached hydrogens (primary N) is 1. The van der Waals surface area contributed by atoms with Gasteiger partial charge in [-0.3, -0.25) is 0 Å². The van der Waals surface area contributed by atoms with Crippen LogP contribution in [0.3, 0.4) is 0 Å². The molecule has 0 bridgehead atoms. The van der Waals surface area contributed by atoms with Crippen LogP contribution >= 0.6 is 0 Å². The lowest BCUT2D eigenvalue weighted by Gasteiger charge is -2.00. The Labute approximate surface area is 69.3 Å². The molecule has 1 nitrogen and oxygen atoms in total. The molecule has 0 aliphatic carbocycles. The van der Waals surface area contributed by atoms with Crippen molar-refractivity contribution < 1.29 is 0 Å². The quantitative estimate of drug-likeness (QED) is 0.603. The molecule has 0 saturated heterocycles. The molecule has 0 heterocycles. The summed E-state index contributed by atoms with van der Waals surface area (Å²) < 4.78 is 0. The maximum atomic E-state index is 5.72. The van der Waals surface area contributed by atoms with Crippen LogP contribution in [-0.4, -0.2) is 0 Å². The van der Waals surface area contributed by atoms with E-state index in [-0.39, 0.29) is 0 Å². The van der Waals surface area contributed by atoms with E-state index >= 15 is 0 Å². The summed E-state index contributed by atoms with van der Waals surface area (Å²) in [5.74, 6) is 0. The van der Waals surface area contributed by atoms with E-state index in [0.717, 1.165) is 22.4 Å². The van der Waals surface area contributed by atoms with Gasteiger partial charge in [0.1, 0.15) is 0 Å². The summed E-state index contributed by atoms with van der Waals surface area (Å²) in [6.45, 7) is 11.8. The molecule has 0 rings (SSSR count). The molecular formula is C10H17N. The highest BCUT2D eigenvalue weighted by atomic mass is 14.6. The van der Waals surface area contributed by atoms with E-state index in [1.165, 1.54) is 0 Å². The predicted molar refractivity (Wildman–Crippen MR) is 51.1 cm³/mol. The van der Waals surface area contributed by atoms with E-state index < -0.39 is 0 Å². The predicted octanol–water partition coefficient (Wildman–Crippen LogP) is 2.76. The van der Waals surface area contributed by atoms with E-state index in [0.29, 0.717) is 0 Å². The van der Waals surface area contributed by atoms with Crippen LogP contribution in [-0.2, 0) is 0 Å². The molecule has 0 radical (unpaired) electrons. The monoisotopic (exact) mass is 151 g/mol. The summed E-state index contributed by atoms with van der Waals surface area (Å²) in [5.41, 5.74) is 9.91. The zero-order valence-electron chi connectivity index (χ0n) is 7.86. The van der Waals surface area contributed by atoms with Crippen LogP contribution in [0.5, 0.6) is 0 Å². The lowest BCUT2D eigenvalue weighted by molar-refractivity contribution is 1.23. The van der Waals surface area contributed by atoms with Crippen LogP contribution in [0.25, 0.3) is 0 Å². The average Bonchev–Trinajstić information content (AvgIpc) is 1.87. The Bertz CT molecular complexity index is 215. The van der Waals surface area contributed by atoms with Crippen molar-refractivity contribution in [2.45, 2.75) is 27.7 Å². The molecule has 0 saturated carbocycles. The highest BCUT2D eigenvalue weighted by molar-refractivity contribution is 5.33. The number of allylic oxidation sites excluding steroid dienone is 4. The summed E-state index contributed by atoms with van der Waals surface area (Å²) in [4.78, 5) is 0. The topological polar surface area (TPSA) is 26.0 Å². The minimum atomic E-state index is 0.838. The van der Waals surface area contributed by atoms with Gasteiger partial charge in [0.25, 0.3) is 0 Å². The molecule has 0 unspecified atom stereocenters. The van der Waals surface area contributed by atoms with Crippen molar-refractivity contribution in [3.8, 4) is 0 Å². The third kappa shape index (κ3) is 3.66. The fraction of sp³-hybridized carbons (Fsp3) is 0.400. The molecule has 0 spiro atoms. The first-order chi connectivity index (χ1) is 4.95. The Kier molecular flexibility index (Phi) is 3.66. The zero-order chi connectivity index (χ0) is 9.02. The van der Waals surface area contributed by atoms with Crippen molar-refractivity contribution in [3.63, 3.8) is 0 Å². The first kappa shape index (κ1) is 10.0. The van der Waals surface area contributed by atoms with E-state index in [1.54, 1.807) is 0 Å². The smallest absolute Gasteiger partial charge is 0.0302 e. The minimum absolute atomic E-state index is 0.838. The van der Waals surface area contributed by atoms with E-state index in [9.17, 15) is 0 Å². The Hall–Kier alpha value is -0.980. The molecule has 0 amide bonds. The molecule has 0 fully saturated rings. The van der Waals surface area contributed by atoms with Crippen LogP contribution in [0.4, 0.5) is 0 Å². The van der Waals surface area contributed by atoms with Crippen molar-refractivity contribution in [1.82, 2.24) is 0 Å². The first-order valence-electron chi connectivity index (χ1n) is 3.72. The molecule has 11 heavy (non-hydrogen) atoms. The Morgan fingerprint density at radius 3 is 1.91 bits per heavy atom. The molecule has 0 aromatic heterocycles. The lowest BCUT2D eigenvalue weighted by Crippen LogP contribution is -1.96. The first-order valence-corrected chi connectivity index (χ1v) is 3.72. The maximum absolute atomic E-state index is 5.72. The van der Waals surface area contributed by atoms with Gasteiger partial charge in [0.05, 0.1) is 0 Å². The van der Waals surface area contributed by atoms with Gasteiger partial charge in [0.2, 0.25) is 0 Å². The number of rotatable bonds is 2. The van der Waals surface area contributed by atoms with Gasteiger partial charge in [-0.1, -0.05) is 17.7 Å². The summed E-state index contributed by atoms with van der Waals surface area (Å²) in [6, 6.07) is 0. The van der Waals surface area contributed by atoms with Crippen LogP contribution in [0, 0.1) is 0 Å². The van der Waals surface area contributed by atoms with Crippen LogP contribution < -0.4 is 5.73 Å². The minimum Gasteiger partial charge on any atom is -0.399 e. The van der Waals surface area contributed by atoms with Gasteiger partial charge in [0, 0.05) is 5.70 Å². The van der Waals surface area contributed by atoms with Gasteiger partial charge in [-0.05, 0) is 39.3 Å². The van der Waals surface area contributed by atoms with Crippen LogP contribution in [0.15, 0.2) is 35.1 Å². The molecular weight excluding hydrogens is 134 g/mol. The highest BCUT2D eigenvalue weighted by Crippen LogP contribution is 2.08. The fourth-order valence-corrected chi connectivity index (χ4v) is 0.501. The van der Waals surface area contributed by atoms with E-state index in [4.69, 9.17) is 5.73 Å². The van der Waals surface area contributed by atoms with Crippen molar-refractivity contribution in [3.05, 3.63) is 35.1 Å². The lowest BCUT2D eigenvalue weighted by atomic mass is 10.1. The second kappa shape index (κ2) is 4.02. The molecule has 0 aromatic carbocycles. The van der Waals surface area contributed by atoms with Gasteiger partial charge in [0.15, 0.2) is 0 Å². The van der Waals surface area contributed by atoms with Crippen molar-refractivity contribution in [1.29, 1.82) is 0 Å². The molecule has 0 aromatic rings. The van der Waals surface area contributed by atoms with Crippen molar-refractivity contribution in [2.75, 3.05) is 0 Å². The fourth-order valence-electron chi connectivity index (χ4n) is 0.501. The Morgan fingerprint density at radius 2 is 1.64 bits per heavy atom. The Morgan fingerprint density at radius 1 is 1.18 bits per heavy atom. The molecule has 62 valence electrons. The second-order valence-corrected chi connectivity index (χ2v) is 3.06. The third-order valence-electron chi connectivity index (χ3n) is 1.62. The van der Waals surface area contributed by atoms with Gasteiger partial charge in [-0.2, -0.15) is 0 Å². The summed E-state index contributed by atoms with van der Waals surface area (Å²) in [7, 11) is 0. The highest BCUT2D eigenvalue weighted by Gasteiger charge is 1.91. The van der Waals surface area contributed by atoms with Gasteiger partial charge in [-0.15, -0.1) is 0 Å². The molecule has 2 N–H and O–H groups in total. The molecule has 0 aliphatic rings. The number of hydrogen-bond donors (Lipinski definition) is 1. The maximum Gasteiger partial charge on any atom is 0.0302 e. The standard InChI is InChI=1S/C10H17N/c1-7(2)9(5)6-10(11)8(3)4/h6H,1,11H2,2-5H3/b9-6-. The van der Waals surface area contributed by atoms with Crippen LogP contribution in [0.1, 0.15) is 27.7 Å². The van der Waals surface area contributed by atoms with E-state index in [2.05, 4.69) is 6.58 Å². The van der Waals surface area contributed by atoms with Crippen molar-refractivity contribution in [2.24, 2.45) is 5.73 Å². The van der Waals surface area contributed by atoms with Gasteiger partial charge < -0.3 is 5.73 Å². The van der Waals surface area contributed by atoms with Gasteiger partial charge in [-0.25, -0.2) is 0 Å². The zero-order valence-corrected chi connectivity index (χ0v) is 7.86. The Balaban J connectivity index is 4.58. The normalized spacial score (nSPS) is 11.1. The second-order valence-electron chi connectivity index (χ2n) is 3.06. The SMILES string of the molecule is C=C(C)/C(C)=C\C(N)=C(C)C.